The predicted molar refractivity (Wildman–Crippen MR) is 104 cm³/mol. The van der Waals surface area contributed by atoms with Gasteiger partial charge in [-0.25, -0.2) is 0 Å². The van der Waals surface area contributed by atoms with Crippen molar-refractivity contribution in [3.05, 3.63) is 33.8 Å². The molecule has 1 aliphatic rings. The van der Waals surface area contributed by atoms with Gasteiger partial charge in [-0.3, -0.25) is 4.79 Å². The Kier molecular flexibility index (Phi) is 6.10. The highest BCUT2D eigenvalue weighted by molar-refractivity contribution is 8.00. The molecule has 1 unspecified atom stereocenters. The van der Waals surface area contributed by atoms with Gasteiger partial charge in [-0.1, -0.05) is 29.0 Å². The number of quaternary nitrogens is 1. The molecule has 0 saturated carbocycles. The van der Waals surface area contributed by atoms with Crippen molar-refractivity contribution in [1.29, 1.82) is 0 Å². The van der Waals surface area contributed by atoms with E-state index in [4.69, 9.17) is 17.0 Å². The standard InChI is InChI=1S/C16H20N4O2S3/c1-11-3-5-12(6-4-11)17-15-18-20(16(23)25-15)10-19-7-8-24-13(9-19)14(21)22-2/h3-6,13H,7-10H2,1-2H3,(H,17,18)/p+1/t13-/m1/s1. The van der Waals surface area contributed by atoms with Gasteiger partial charge in [-0.05, 0) is 31.3 Å². The van der Waals surface area contributed by atoms with Crippen molar-refractivity contribution >= 4 is 52.1 Å². The van der Waals surface area contributed by atoms with Crippen molar-refractivity contribution in [2.75, 3.05) is 31.3 Å². The van der Waals surface area contributed by atoms with E-state index in [1.807, 2.05) is 16.8 Å². The number of carbonyl (C=O) groups excluding carboxylic acids is 1. The molecule has 6 nitrogen and oxygen atoms in total. The molecule has 3 rings (SSSR count). The molecule has 2 atom stereocenters. The van der Waals surface area contributed by atoms with Crippen molar-refractivity contribution in [2.45, 2.75) is 18.8 Å². The van der Waals surface area contributed by atoms with E-state index in [1.165, 1.54) is 28.9 Å². The SMILES string of the molecule is COC(=O)[C@H]1C[NH+](Cn2nc(Nc3ccc(C)cc3)sc2=S)CCS1. The Bertz CT molecular complexity index is 787. The zero-order valence-electron chi connectivity index (χ0n) is 14.2. The Labute approximate surface area is 160 Å². The van der Waals surface area contributed by atoms with Crippen LogP contribution in [-0.4, -0.2) is 47.0 Å². The molecular formula is C16H21N4O2S3+. The number of rotatable bonds is 5. The molecule has 25 heavy (non-hydrogen) atoms. The minimum absolute atomic E-state index is 0.105. The third-order valence-electron chi connectivity index (χ3n) is 4.00. The third-order valence-corrected chi connectivity index (χ3v) is 6.42. The maximum absolute atomic E-state index is 11.8. The maximum atomic E-state index is 11.8. The average Bonchev–Trinajstić information content (AvgIpc) is 2.95. The smallest absolute Gasteiger partial charge is 0.324 e. The Balaban J connectivity index is 1.65. The second-order valence-electron chi connectivity index (χ2n) is 5.91. The number of aryl methyl sites for hydroxylation is 1. The molecule has 1 aromatic carbocycles. The molecule has 2 N–H and O–H groups in total. The first-order valence-corrected chi connectivity index (χ1v) is 10.3. The summed E-state index contributed by atoms with van der Waals surface area (Å²) in [4.78, 5) is 13.0. The fraction of sp³-hybridized carbons (Fsp3) is 0.438. The monoisotopic (exact) mass is 397 g/mol. The molecule has 1 saturated heterocycles. The van der Waals surface area contributed by atoms with Gasteiger partial charge in [-0.15, -0.1) is 16.9 Å². The number of esters is 1. The van der Waals surface area contributed by atoms with Crippen molar-refractivity contribution in [2.24, 2.45) is 0 Å². The fourth-order valence-electron chi connectivity index (χ4n) is 2.62. The van der Waals surface area contributed by atoms with Crippen LogP contribution in [0.25, 0.3) is 0 Å². The zero-order chi connectivity index (χ0) is 17.8. The number of carbonyl (C=O) groups is 1. The molecular weight excluding hydrogens is 376 g/mol. The Morgan fingerprint density at radius 3 is 2.96 bits per heavy atom. The fourth-order valence-corrected chi connectivity index (χ4v) is 4.93. The van der Waals surface area contributed by atoms with Crippen molar-refractivity contribution in [3.63, 3.8) is 0 Å². The molecule has 1 aromatic heterocycles. The molecule has 0 amide bonds. The van der Waals surface area contributed by atoms with Crippen LogP contribution in [0.15, 0.2) is 24.3 Å². The topological polar surface area (TPSA) is 60.6 Å². The van der Waals surface area contributed by atoms with Gasteiger partial charge in [0.25, 0.3) is 0 Å². The summed E-state index contributed by atoms with van der Waals surface area (Å²) in [5, 5.41) is 8.56. The lowest BCUT2D eigenvalue weighted by Gasteiger charge is -2.27. The number of methoxy groups -OCH3 is 1. The first-order valence-electron chi connectivity index (χ1n) is 8.00. The van der Waals surface area contributed by atoms with Gasteiger partial charge in [0.1, 0.15) is 6.54 Å². The zero-order valence-corrected chi connectivity index (χ0v) is 16.6. The number of hydrogen-bond donors (Lipinski definition) is 2. The average molecular weight is 398 g/mol. The maximum Gasteiger partial charge on any atom is 0.324 e. The number of ether oxygens (including phenoxy) is 1. The Hall–Kier alpha value is -1.42. The van der Waals surface area contributed by atoms with Crippen molar-refractivity contribution in [3.8, 4) is 0 Å². The van der Waals surface area contributed by atoms with E-state index >= 15 is 0 Å². The van der Waals surface area contributed by atoms with Gasteiger partial charge >= 0.3 is 5.97 Å². The van der Waals surface area contributed by atoms with E-state index in [2.05, 4.69) is 29.5 Å². The van der Waals surface area contributed by atoms with Gasteiger partial charge < -0.3 is 15.0 Å². The van der Waals surface area contributed by atoms with E-state index in [0.717, 1.165) is 33.6 Å². The van der Waals surface area contributed by atoms with Gasteiger partial charge in [0.15, 0.2) is 15.9 Å². The number of thioether (sulfide) groups is 1. The molecule has 2 aromatic rings. The Morgan fingerprint density at radius 2 is 2.24 bits per heavy atom. The van der Waals surface area contributed by atoms with Crippen LogP contribution in [0.3, 0.4) is 0 Å². The lowest BCUT2D eigenvalue weighted by Crippen LogP contribution is -3.14. The quantitative estimate of drug-likeness (QED) is 0.593. The van der Waals surface area contributed by atoms with Crippen LogP contribution in [0.2, 0.25) is 0 Å². The van der Waals surface area contributed by atoms with E-state index in [-0.39, 0.29) is 11.2 Å². The van der Waals surface area contributed by atoms with E-state index in [1.54, 1.807) is 11.8 Å². The second-order valence-corrected chi connectivity index (χ2v) is 8.84. The van der Waals surface area contributed by atoms with E-state index in [9.17, 15) is 4.79 Å². The lowest BCUT2D eigenvalue weighted by atomic mass is 10.2. The van der Waals surface area contributed by atoms with Crippen LogP contribution in [0.4, 0.5) is 10.8 Å². The van der Waals surface area contributed by atoms with Crippen LogP contribution < -0.4 is 10.2 Å². The van der Waals surface area contributed by atoms with Crippen LogP contribution in [0.5, 0.6) is 0 Å². The number of nitrogens with one attached hydrogen (secondary N) is 2. The summed E-state index contributed by atoms with van der Waals surface area (Å²) >= 11 is 8.57. The van der Waals surface area contributed by atoms with Crippen LogP contribution in [-0.2, 0) is 16.2 Å². The van der Waals surface area contributed by atoms with Crippen molar-refractivity contribution < 1.29 is 14.4 Å². The van der Waals surface area contributed by atoms with Crippen LogP contribution >= 0.6 is 35.3 Å². The third kappa shape index (κ3) is 4.81. The number of anilines is 2. The summed E-state index contributed by atoms with van der Waals surface area (Å²) in [7, 11) is 1.44. The first kappa shape index (κ1) is 18.4. The molecule has 0 radical (unpaired) electrons. The minimum atomic E-state index is -0.147. The Morgan fingerprint density at radius 1 is 1.48 bits per heavy atom. The minimum Gasteiger partial charge on any atom is -0.468 e. The van der Waals surface area contributed by atoms with Crippen molar-refractivity contribution in [1.82, 2.24) is 9.78 Å². The molecule has 9 heteroatoms. The first-order chi connectivity index (χ1) is 12.0. The molecule has 1 fully saturated rings. The van der Waals surface area contributed by atoms with Crippen LogP contribution in [0, 0.1) is 10.9 Å². The largest absolute Gasteiger partial charge is 0.468 e. The van der Waals surface area contributed by atoms with E-state index in [0.29, 0.717) is 6.67 Å². The molecule has 134 valence electrons. The van der Waals surface area contributed by atoms with Gasteiger partial charge in [0.05, 0.1) is 13.7 Å². The highest BCUT2D eigenvalue weighted by atomic mass is 32.2. The number of aromatic nitrogens is 2. The molecule has 1 aliphatic heterocycles. The predicted octanol–water partition coefficient (Wildman–Crippen LogP) is 1.86. The number of hydrogen-bond acceptors (Lipinski definition) is 7. The van der Waals surface area contributed by atoms with Gasteiger partial charge in [0.2, 0.25) is 5.13 Å². The normalized spacial score (nSPS) is 20.2. The summed E-state index contributed by atoms with van der Waals surface area (Å²) in [6.07, 6.45) is 0. The number of nitrogens with zero attached hydrogens (tertiary/aromatic N) is 2. The summed E-state index contributed by atoms with van der Waals surface area (Å²) in [5.74, 6) is 0.784. The van der Waals surface area contributed by atoms with Gasteiger partial charge in [-0.2, -0.15) is 4.68 Å². The number of benzene rings is 1. The highest BCUT2D eigenvalue weighted by Crippen LogP contribution is 2.20. The lowest BCUT2D eigenvalue weighted by molar-refractivity contribution is -0.921. The summed E-state index contributed by atoms with van der Waals surface area (Å²) < 4.78 is 7.44. The summed E-state index contributed by atoms with van der Waals surface area (Å²) in [6.45, 7) is 4.44. The van der Waals surface area contributed by atoms with E-state index < -0.39 is 0 Å². The molecule has 2 heterocycles. The molecule has 0 bridgehead atoms. The highest BCUT2D eigenvalue weighted by Gasteiger charge is 2.30. The second kappa shape index (κ2) is 8.31. The van der Waals surface area contributed by atoms with Gasteiger partial charge in [0, 0.05) is 11.4 Å². The summed E-state index contributed by atoms with van der Waals surface area (Å²) in [5.41, 5.74) is 2.21. The molecule has 0 aliphatic carbocycles. The molecule has 0 spiro atoms. The summed E-state index contributed by atoms with van der Waals surface area (Å²) in [6, 6.07) is 8.17. The van der Waals surface area contributed by atoms with Crippen LogP contribution in [0.1, 0.15) is 5.56 Å².